The quantitative estimate of drug-likeness (QED) is 0.848. The van der Waals surface area contributed by atoms with E-state index in [0.717, 1.165) is 24.3 Å². The molecule has 1 aliphatic heterocycles. The maximum Gasteiger partial charge on any atom is 0.104 e. The van der Waals surface area contributed by atoms with Gasteiger partial charge in [-0.1, -0.05) is 30.0 Å². The van der Waals surface area contributed by atoms with Gasteiger partial charge in [0.1, 0.15) is 6.61 Å². The zero-order valence-electron chi connectivity index (χ0n) is 10.6. The average Bonchev–Trinajstić information content (AvgIpc) is 2.80. The van der Waals surface area contributed by atoms with Gasteiger partial charge in [0.25, 0.3) is 0 Å². The predicted molar refractivity (Wildman–Crippen MR) is 75.5 cm³/mol. The van der Waals surface area contributed by atoms with Crippen LogP contribution in [0.3, 0.4) is 0 Å². The molecule has 1 aromatic carbocycles. The zero-order valence-corrected chi connectivity index (χ0v) is 11.4. The molecule has 1 aliphatic rings. The molecule has 2 rings (SSSR count). The molecule has 3 heteroatoms. The van der Waals surface area contributed by atoms with Crippen molar-refractivity contribution in [2.75, 3.05) is 13.2 Å². The molecule has 2 atom stereocenters. The van der Waals surface area contributed by atoms with Gasteiger partial charge in [0.15, 0.2) is 0 Å². The number of aliphatic hydroxyl groups excluding tert-OH is 1. The maximum atomic E-state index is 8.76. The minimum Gasteiger partial charge on any atom is -0.384 e. The SMILES string of the molecule is CC1OCCC1SCc1ccccc1C#CCO. The lowest BCUT2D eigenvalue weighted by atomic mass is 10.1. The van der Waals surface area contributed by atoms with Gasteiger partial charge in [-0.25, -0.2) is 0 Å². The van der Waals surface area contributed by atoms with Crippen LogP contribution in [-0.4, -0.2) is 29.7 Å². The summed E-state index contributed by atoms with van der Waals surface area (Å²) < 4.78 is 5.57. The molecule has 1 heterocycles. The Hall–Kier alpha value is -0.950. The van der Waals surface area contributed by atoms with Crippen molar-refractivity contribution in [2.24, 2.45) is 0 Å². The first-order valence-electron chi connectivity index (χ1n) is 6.22. The molecule has 96 valence electrons. The molecule has 1 saturated heterocycles. The first kappa shape index (κ1) is 13.5. The molecule has 2 unspecified atom stereocenters. The normalized spacial score (nSPS) is 22.6. The molecular formula is C15H18O2S. The summed E-state index contributed by atoms with van der Waals surface area (Å²) in [6.07, 6.45) is 1.49. The first-order valence-corrected chi connectivity index (χ1v) is 7.27. The number of benzene rings is 1. The van der Waals surface area contributed by atoms with Crippen LogP contribution in [0.4, 0.5) is 0 Å². The summed E-state index contributed by atoms with van der Waals surface area (Å²) in [5, 5.41) is 9.35. The molecule has 0 saturated carbocycles. The first-order chi connectivity index (χ1) is 8.81. The fourth-order valence-electron chi connectivity index (χ4n) is 2.03. The zero-order chi connectivity index (χ0) is 12.8. The molecule has 0 amide bonds. The summed E-state index contributed by atoms with van der Waals surface area (Å²) >= 11 is 1.94. The van der Waals surface area contributed by atoms with E-state index in [1.807, 2.05) is 30.0 Å². The second-order valence-corrected chi connectivity index (χ2v) is 5.56. The lowest BCUT2D eigenvalue weighted by Gasteiger charge is -2.14. The molecule has 0 radical (unpaired) electrons. The number of aliphatic hydroxyl groups is 1. The van der Waals surface area contributed by atoms with Gasteiger partial charge in [0.05, 0.1) is 6.10 Å². The topological polar surface area (TPSA) is 29.5 Å². The molecule has 1 aromatic rings. The Morgan fingerprint density at radius 3 is 3.00 bits per heavy atom. The highest BCUT2D eigenvalue weighted by Crippen LogP contribution is 2.29. The van der Waals surface area contributed by atoms with Crippen molar-refractivity contribution in [3.63, 3.8) is 0 Å². The van der Waals surface area contributed by atoms with Crippen LogP contribution >= 0.6 is 11.8 Å². The van der Waals surface area contributed by atoms with Gasteiger partial charge in [-0.15, -0.1) is 0 Å². The Morgan fingerprint density at radius 2 is 2.28 bits per heavy atom. The molecule has 0 bridgehead atoms. The van der Waals surface area contributed by atoms with Crippen LogP contribution in [-0.2, 0) is 10.5 Å². The summed E-state index contributed by atoms with van der Waals surface area (Å²) in [5.41, 5.74) is 2.26. The second kappa shape index (κ2) is 6.84. The van der Waals surface area contributed by atoms with Crippen molar-refractivity contribution < 1.29 is 9.84 Å². The van der Waals surface area contributed by atoms with Gasteiger partial charge < -0.3 is 9.84 Å². The lowest BCUT2D eigenvalue weighted by molar-refractivity contribution is 0.127. The Labute approximate surface area is 113 Å². The molecule has 2 nitrogen and oxygen atoms in total. The predicted octanol–water partition coefficient (Wildman–Crippen LogP) is 2.44. The average molecular weight is 262 g/mol. The Balaban J connectivity index is 2.00. The highest BCUT2D eigenvalue weighted by molar-refractivity contribution is 7.99. The highest BCUT2D eigenvalue weighted by Gasteiger charge is 2.24. The number of rotatable bonds is 3. The molecule has 1 N–H and O–H groups in total. The number of hydrogen-bond donors (Lipinski definition) is 1. The fourth-order valence-corrected chi connectivity index (χ4v) is 3.29. The van der Waals surface area contributed by atoms with Gasteiger partial charge in [-0.05, 0) is 25.0 Å². The van der Waals surface area contributed by atoms with E-state index >= 15 is 0 Å². The highest BCUT2D eigenvalue weighted by atomic mass is 32.2. The second-order valence-electron chi connectivity index (χ2n) is 4.33. The van der Waals surface area contributed by atoms with Crippen molar-refractivity contribution in [2.45, 2.75) is 30.5 Å². The monoisotopic (exact) mass is 262 g/mol. The van der Waals surface area contributed by atoms with Crippen molar-refractivity contribution >= 4 is 11.8 Å². The summed E-state index contributed by atoms with van der Waals surface area (Å²) in [4.78, 5) is 0. The van der Waals surface area contributed by atoms with Crippen LogP contribution in [0.5, 0.6) is 0 Å². The van der Waals surface area contributed by atoms with Gasteiger partial charge in [-0.2, -0.15) is 11.8 Å². The maximum absolute atomic E-state index is 8.76. The van der Waals surface area contributed by atoms with Crippen molar-refractivity contribution in [1.29, 1.82) is 0 Å². The van der Waals surface area contributed by atoms with Crippen LogP contribution in [0.2, 0.25) is 0 Å². The fraction of sp³-hybridized carbons (Fsp3) is 0.467. The van der Waals surface area contributed by atoms with Gasteiger partial charge >= 0.3 is 0 Å². The largest absolute Gasteiger partial charge is 0.384 e. The summed E-state index contributed by atoms with van der Waals surface area (Å²) in [7, 11) is 0. The molecular weight excluding hydrogens is 244 g/mol. The minimum atomic E-state index is -0.0883. The van der Waals surface area contributed by atoms with E-state index in [2.05, 4.69) is 24.8 Å². The van der Waals surface area contributed by atoms with Gasteiger partial charge in [0, 0.05) is 23.2 Å². The van der Waals surface area contributed by atoms with E-state index in [4.69, 9.17) is 9.84 Å². The van der Waals surface area contributed by atoms with E-state index in [-0.39, 0.29) is 6.61 Å². The summed E-state index contributed by atoms with van der Waals surface area (Å²) in [5.74, 6) is 6.67. The van der Waals surface area contributed by atoms with Crippen LogP contribution in [0.15, 0.2) is 24.3 Å². The third-order valence-corrected chi connectivity index (χ3v) is 4.60. The van der Waals surface area contributed by atoms with Gasteiger partial charge in [0.2, 0.25) is 0 Å². The summed E-state index contributed by atoms with van der Waals surface area (Å²) in [6, 6.07) is 8.13. The van der Waals surface area contributed by atoms with E-state index < -0.39 is 0 Å². The number of hydrogen-bond acceptors (Lipinski definition) is 3. The Morgan fingerprint density at radius 1 is 1.44 bits per heavy atom. The van der Waals surface area contributed by atoms with E-state index in [9.17, 15) is 0 Å². The third-order valence-electron chi connectivity index (χ3n) is 3.08. The number of thioether (sulfide) groups is 1. The van der Waals surface area contributed by atoms with Gasteiger partial charge in [-0.3, -0.25) is 0 Å². The van der Waals surface area contributed by atoms with Crippen LogP contribution in [0.1, 0.15) is 24.5 Å². The third kappa shape index (κ3) is 3.52. The van der Waals surface area contributed by atoms with Crippen LogP contribution < -0.4 is 0 Å². The van der Waals surface area contributed by atoms with Crippen molar-refractivity contribution in [3.05, 3.63) is 35.4 Å². The molecule has 0 aliphatic carbocycles. The number of ether oxygens (including phenoxy) is 1. The molecule has 18 heavy (non-hydrogen) atoms. The minimum absolute atomic E-state index is 0.0883. The molecule has 0 spiro atoms. The molecule has 1 fully saturated rings. The smallest absolute Gasteiger partial charge is 0.104 e. The Bertz CT molecular complexity index is 447. The van der Waals surface area contributed by atoms with E-state index in [1.54, 1.807) is 0 Å². The van der Waals surface area contributed by atoms with E-state index in [0.29, 0.717) is 11.4 Å². The van der Waals surface area contributed by atoms with Crippen LogP contribution in [0, 0.1) is 11.8 Å². The van der Waals surface area contributed by atoms with E-state index in [1.165, 1.54) is 5.56 Å². The van der Waals surface area contributed by atoms with Crippen LogP contribution in [0.25, 0.3) is 0 Å². The van der Waals surface area contributed by atoms with Crippen molar-refractivity contribution in [1.82, 2.24) is 0 Å². The standard InChI is InChI=1S/C15H18O2S/c1-12-15(8-10-17-12)18-11-14-6-3-2-5-13(14)7-4-9-16/h2-3,5-6,12,15-16H,8-11H2,1H3. The lowest BCUT2D eigenvalue weighted by Crippen LogP contribution is -2.13. The van der Waals surface area contributed by atoms with Crippen molar-refractivity contribution in [3.8, 4) is 11.8 Å². The summed E-state index contributed by atoms with van der Waals surface area (Å²) in [6.45, 7) is 2.93. The molecule has 0 aromatic heterocycles. The Kier molecular flexibility index (Phi) is 5.12.